The number of hydrogen-bond acceptors (Lipinski definition) is 2. The van der Waals surface area contributed by atoms with Crippen molar-refractivity contribution in [2.75, 3.05) is 19.6 Å². The Morgan fingerprint density at radius 1 is 1.30 bits per heavy atom. The van der Waals surface area contributed by atoms with Gasteiger partial charge in [0.05, 0.1) is 13.1 Å². The van der Waals surface area contributed by atoms with Crippen molar-refractivity contribution in [1.29, 1.82) is 0 Å². The summed E-state index contributed by atoms with van der Waals surface area (Å²) in [6, 6.07) is 6.16. The smallest absolute Gasteiger partial charge is 0.278 e. The first kappa shape index (κ1) is 17.4. The van der Waals surface area contributed by atoms with Gasteiger partial charge in [-0.25, -0.2) is 4.39 Å². The zero-order valence-corrected chi connectivity index (χ0v) is 13.5. The van der Waals surface area contributed by atoms with Crippen LogP contribution >= 0.6 is 0 Å². The average Bonchev–Trinajstić information content (AvgIpc) is 2.56. The number of hydrogen-bond donors (Lipinski definition) is 3. The lowest BCUT2D eigenvalue weighted by Crippen LogP contribution is -3.17. The second-order valence-electron chi connectivity index (χ2n) is 6.22. The summed E-state index contributed by atoms with van der Waals surface area (Å²) in [7, 11) is 0. The molecular weight excluding hydrogens is 297 g/mol. The van der Waals surface area contributed by atoms with E-state index in [1.807, 2.05) is 6.92 Å². The van der Waals surface area contributed by atoms with E-state index >= 15 is 0 Å². The minimum atomic E-state index is -0.255. The summed E-state index contributed by atoms with van der Waals surface area (Å²) < 4.78 is 12.8. The monoisotopic (exact) mass is 322 g/mol. The highest BCUT2D eigenvalue weighted by molar-refractivity contribution is 5.80. The number of quaternary nitrogens is 1. The van der Waals surface area contributed by atoms with Crippen LogP contribution in [0.2, 0.25) is 0 Å². The molecule has 0 bridgehead atoms. The van der Waals surface area contributed by atoms with Crippen molar-refractivity contribution in [2.45, 2.75) is 32.2 Å². The Labute approximate surface area is 136 Å². The van der Waals surface area contributed by atoms with Gasteiger partial charge in [-0.1, -0.05) is 12.1 Å². The van der Waals surface area contributed by atoms with Crippen molar-refractivity contribution in [2.24, 2.45) is 11.7 Å². The van der Waals surface area contributed by atoms with E-state index in [2.05, 4.69) is 5.32 Å². The van der Waals surface area contributed by atoms with Gasteiger partial charge in [-0.3, -0.25) is 9.59 Å². The molecule has 1 aromatic rings. The lowest BCUT2D eigenvalue weighted by atomic mass is 9.95. The molecule has 1 saturated heterocycles. The Bertz CT molecular complexity index is 539. The molecule has 0 aliphatic carbocycles. The standard InChI is InChI=1S/C17H24FN3O2/c1-12(21-10-7-14(8-11-21)16(19)22)17(23)20-9-6-13-2-4-15(18)5-3-13/h2-5,12,14H,6-11H2,1H3,(H2,19,22)(H,20,23)/p+1/t12-/m0/s1. The molecule has 1 aliphatic rings. The number of benzene rings is 1. The summed E-state index contributed by atoms with van der Waals surface area (Å²) in [6.07, 6.45) is 2.17. The second-order valence-corrected chi connectivity index (χ2v) is 6.22. The average molecular weight is 322 g/mol. The van der Waals surface area contributed by atoms with Crippen LogP contribution in [0.4, 0.5) is 4.39 Å². The van der Waals surface area contributed by atoms with E-state index in [1.54, 1.807) is 12.1 Å². The summed E-state index contributed by atoms with van der Waals surface area (Å²) in [5.74, 6) is -0.526. The van der Waals surface area contributed by atoms with Crippen LogP contribution in [0, 0.1) is 11.7 Å². The molecule has 4 N–H and O–H groups in total. The van der Waals surface area contributed by atoms with Crippen LogP contribution in [0.3, 0.4) is 0 Å². The fourth-order valence-electron chi connectivity index (χ4n) is 3.03. The number of rotatable bonds is 6. The zero-order chi connectivity index (χ0) is 16.8. The highest BCUT2D eigenvalue weighted by atomic mass is 19.1. The first-order valence-electron chi connectivity index (χ1n) is 8.13. The molecule has 2 amide bonds. The molecule has 6 heteroatoms. The van der Waals surface area contributed by atoms with E-state index in [-0.39, 0.29) is 29.6 Å². The number of likely N-dealkylation sites (tertiary alicyclic amines) is 1. The molecule has 0 aromatic heterocycles. The van der Waals surface area contributed by atoms with Crippen LogP contribution in [0.15, 0.2) is 24.3 Å². The summed E-state index contributed by atoms with van der Waals surface area (Å²) >= 11 is 0. The minimum absolute atomic E-state index is 0.0136. The van der Waals surface area contributed by atoms with Crippen LogP contribution in [-0.4, -0.2) is 37.5 Å². The van der Waals surface area contributed by atoms with Gasteiger partial charge in [-0.2, -0.15) is 0 Å². The van der Waals surface area contributed by atoms with Crippen molar-refractivity contribution < 1.29 is 18.9 Å². The third-order valence-electron chi connectivity index (χ3n) is 4.66. The first-order valence-corrected chi connectivity index (χ1v) is 8.13. The van der Waals surface area contributed by atoms with Gasteiger partial charge in [-0.15, -0.1) is 0 Å². The van der Waals surface area contributed by atoms with E-state index in [9.17, 15) is 14.0 Å². The number of nitrogens with two attached hydrogens (primary N) is 1. The topological polar surface area (TPSA) is 76.6 Å². The fraction of sp³-hybridized carbons (Fsp3) is 0.529. The van der Waals surface area contributed by atoms with Crippen molar-refractivity contribution >= 4 is 11.8 Å². The Hall–Kier alpha value is -1.95. The normalized spacial score (nSPS) is 22.3. The summed E-state index contributed by atoms with van der Waals surface area (Å²) in [4.78, 5) is 24.6. The summed E-state index contributed by atoms with van der Waals surface area (Å²) in [6.45, 7) is 4.03. The Morgan fingerprint density at radius 3 is 2.48 bits per heavy atom. The highest BCUT2D eigenvalue weighted by Crippen LogP contribution is 2.08. The molecule has 1 heterocycles. The highest BCUT2D eigenvalue weighted by Gasteiger charge is 2.31. The lowest BCUT2D eigenvalue weighted by Gasteiger charge is -2.31. The Morgan fingerprint density at radius 2 is 1.91 bits per heavy atom. The molecular formula is C17H25FN3O2+. The van der Waals surface area contributed by atoms with E-state index in [1.165, 1.54) is 17.0 Å². The number of carbonyl (C=O) groups is 2. The minimum Gasteiger partial charge on any atom is -0.369 e. The molecule has 1 aliphatic heterocycles. The van der Waals surface area contributed by atoms with Gasteiger partial charge in [0.25, 0.3) is 5.91 Å². The SMILES string of the molecule is C[C@@H](C(=O)NCCc1ccc(F)cc1)[NH+]1CCC(C(N)=O)CC1. The largest absolute Gasteiger partial charge is 0.369 e. The molecule has 0 spiro atoms. The van der Waals surface area contributed by atoms with Crippen molar-refractivity contribution in [3.8, 4) is 0 Å². The molecule has 126 valence electrons. The molecule has 2 rings (SSSR count). The van der Waals surface area contributed by atoms with Crippen LogP contribution in [-0.2, 0) is 16.0 Å². The van der Waals surface area contributed by atoms with Gasteiger partial charge < -0.3 is 16.0 Å². The number of primary amides is 1. The molecule has 0 saturated carbocycles. The maximum atomic E-state index is 12.8. The predicted molar refractivity (Wildman–Crippen MR) is 85.2 cm³/mol. The van der Waals surface area contributed by atoms with Crippen LogP contribution < -0.4 is 16.0 Å². The van der Waals surface area contributed by atoms with Crippen molar-refractivity contribution in [3.63, 3.8) is 0 Å². The van der Waals surface area contributed by atoms with Crippen LogP contribution in [0.5, 0.6) is 0 Å². The van der Waals surface area contributed by atoms with Crippen molar-refractivity contribution in [1.82, 2.24) is 5.32 Å². The number of nitrogens with one attached hydrogen (secondary N) is 2. The zero-order valence-electron chi connectivity index (χ0n) is 13.5. The fourth-order valence-corrected chi connectivity index (χ4v) is 3.03. The van der Waals surface area contributed by atoms with Gasteiger partial charge >= 0.3 is 0 Å². The van der Waals surface area contributed by atoms with Gasteiger partial charge in [0, 0.05) is 25.3 Å². The molecule has 5 nitrogen and oxygen atoms in total. The number of halogens is 1. The third-order valence-corrected chi connectivity index (χ3v) is 4.66. The van der Waals surface area contributed by atoms with Crippen LogP contribution in [0.25, 0.3) is 0 Å². The molecule has 1 aromatic carbocycles. The van der Waals surface area contributed by atoms with E-state index in [0.717, 1.165) is 31.5 Å². The number of piperidine rings is 1. The number of amides is 2. The van der Waals surface area contributed by atoms with Gasteiger partial charge in [-0.05, 0) is 31.0 Å². The molecule has 23 heavy (non-hydrogen) atoms. The quantitative estimate of drug-likeness (QED) is 0.670. The summed E-state index contributed by atoms with van der Waals surface area (Å²) in [5, 5.41) is 2.93. The first-order chi connectivity index (χ1) is 11.0. The third kappa shape index (κ3) is 5.03. The van der Waals surface area contributed by atoms with Gasteiger partial charge in [0.2, 0.25) is 5.91 Å². The molecule has 1 atom stereocenters. The van der Waals surface area contributed by atoms with Gasteiger partial charge in [0.1, 0.15) is 5.82 Å². The molecule has 1 fully saturated rings. The maximum Gasteiger partial charge on any atom is 0.278 e. The maximum absolute atomic E-state index is 12.8. The predicted octanol–water partition coefficient (Wildman–Crippen LogP) is -0.347. The Kier molecular flexibility index (Phi) is 6.10. The van der Waals surface area contributed by atoms with Crippen LogP contribution in [0.1, 0.15) is 25.3 Å². The van der Waals surface area contributed by atoms with E-state index in [4.69, 9.17) is 5.73 Å². The summed E-state index contributed by atoms with van der Waals surface area (Å²) in [5.41, 5.74) is 6.32. The van der Waals surface area contributed by atoms with E-state index in [0.29, 0.717) is 13.0 Å². The second kappa shape index (κ2) is 8.06. The Balaban J connectivity index is 1.73. The van der Waals surface area contributed by atoms with Crippen molar-refractivity contribution in [3.05, 3.63) is 35.6 Å². The van der Waals surface area contributed by atoms with Gasteiger partial charge in [0.15, 0.2) is 6.04 Å². The molecule has 0 radical (unpaired) electrons. The lowest BCUT2D eigenvalue weighted by molar-refractivity contribution is -0.919. The van der Waals surface area contributed by atoms with E-state index < -0.39 is 0 Å². The number of carbonyl (C=O) groups excluding carboxylic acids is 2. The molecule has 0 unspecified atom stereocenters.